The van der Waals surface area contributed by atoms with E-state index in [0.717, 1.165) is 59.0 Å². The number of ether oxygens (including phenoxy) is 1. The van der Waals surface area contributed by atoms with Gasteiger partial charge in [-0.2, -0.15) is 0 Å². The van der Waals surface area contributed by atoms with E-state index in [0.29, 0.717) is 13.1 Å². The van der Waals surface area contributed by atoms with Crippen LogP contribution in [0.5, 0.6) is 0 Å². The Labute approximate surface area is 145 Å². The van der Waals surface area contributed by atoms with E-state index in [9.17, 15) is 9.90 Å². The van der Waals surface area contributed by atoms with E-state index in [-0.39, 0.29) is 17.6 Å². The summed E-state index contributed by atoms with van der Waals surface area (Å²) in [4.78, 5) is 18.7. The summed E-state index contributed by atoms with van der Waals surface area (Å²) in [5.41, 5.74) is -0.178. The maximum Gasteiger partial charge on any atom is 0.234 e. The Kier molecular flexibility index (Phi) is 7.43. The molecule has 2 aliphatic rings. The molecule has 0 aromatic heterocycles. The van der Waals surface area contributed by atoms with Gasteiger partial charge in [-0.15, -0.1) is 0 Å². The highest BCUT2D eigenvalue weighted by Gasteiger charge is 2.23. The summed E-state index contributed by atoms with van der Waals surface area (Å²) in [6.45, 7) is 14.8. The van der Waals surface area contributed by atoms with Gasteiger partial charge in [0.25, 0.3) is 0 Å². The molecule has 2 heterocycles. The number of β-amino-alcohol motifs (C(OH)–C–C–N with tert-alkyl or cyclic N) is 1. The number of carbonyl (C=O) groups excluding carboxylic acids is 1. The highest BCUT2D eigenvalue weighted by atomic mass is 16.5. The summed E-state index contributed by atoms with van der Waals surface area (Å²) in [5, 5.41) is 13.3. The van der Waals surface area contributed by atoms with E-state index in [1.807, 2.05) is 20.8 Å². The molecule has 0 aromatic carbocycles. The number of piperazine rings is 1. The minimum Gasteiger partial charge on any atom is -0.390 e. The van der Waals surface area contributed by atoms with Crippen LogP contribution in [0.3, 0.4) is 0 Å². The molecule has 2 N–H and O–H groups in total. The maximum atomic E-state index is 12.0. The Bertz CT molecular complexity index is 386. The molecule has 1 atom stereocenters. The van der Waals surface area contributed by atoms with Gasteiger partial charge >= 0.3 is 0 Å². The molecule has 0 aliphatic carbocycles. The summed E-state index contributed by atoms with van der Waals surface area (Å²) >= 11 is 0. The molecule has 0 aromatic rings. The van der Waals surface area contributed by atoms with Crippen molar-refractivity contribution in [3.8, 4) is 0 Å². The third kappa shape index (κ3) is 7.44. The molecule has 2 fully saturated rings. The molecule has 2 saturated heterocycles. The Balaban J connectivity index is 1.62. The second-order valence-corrected chi connectivity index (χ2v) is 7.94. The number of rotatable bonds is 6. The summed E-state index contributed by atoms with van der Waals surface area (Å²) < 4.78 is 5.33. The average molecular weight is 342 g/mol. The molecule has 7 nitrogen and oxygen atoms in total. The minimum atomic E-state index is -0.321. The van der Waals surface area contributed by atoms with E-state index >= 15 is 0 Å². The van der Waals surface area contributed by atoms with E-state index in [1.54, 1.807) is 0 Å². The number of morpholine rings is 1. The van der Waals surface area contributed by atoms with Crippen molar-refractivity contribution in [3.05, 3.63) is 0 Å². The minimum absolute atomic E-state index is 0.0864. The predicted octanol–water partition coefficient (Wildman–Crippen LogP) is -0.788. The predicted molar refractivity (Wildman–Crippen MR) is 94.0 cm³/mol. The SMILES string of the molecule is CC(C)(C)NC(=O)CN1CCN(CC(O)CN2CCOCC2)CC1. The fourth-order valence-electron chi connectivity index (χ4n) is 3.23. The Hall–Kier alpha value is -0.730. The molecule has 0 saturated carbocycles. The van der Waals surface area contributed by atoms with Crippen molar-refractivity contribution in [2.24, 2.45) is 0 Å². The van der Waals surface area contributed by atoms with Gasteiger partial charge in [-0.25, -0.2) is 0 Å². The van der Waals surface area contributed by atoms with E-state index in [1.165, 1.54) is 0 Å². The average Bonchev–Trinajstić information content (AvgIpc) is 2.48. The van der Waals surface area contributed by atoms with Gasteiger partial charge in [0.15, 0.2) is 0 Å². The molecule has 1 unspecified atom stereocenters. The van der Waals surface area contributed by atoms with Gasteiger partial charge < -0.3 is 15.2 Å². The number of amides is 1. The van der Waals surface area contributed by atoms with Crippen LogP contribution in [0.1, 0.15) is 20.8 Å². The van der Waals surface area contributed by atoms with Crippen LogP contribution >= 0.6 is 0 Å². The zero-order chi connectivity index (χ0) is 17.6. The number of hydrogen-bond donors (Lipinski definition) is 2. The molecule has 1 amide bonds. The molecule has 24 heavy (non-hydrogen) atoms. The molecule has 140 valence electrons. The standard InChI is InChI=1S/C17H34N4O3/c1-17(2,3)18-16(23)14-20-6-4-19(5-7-20)12-15(22)13-21-8-10-24-11-9-21/h15,22H,4-14H2,1-3H3,(H,18,23). The Morgan fingerprint density at radius 2 is 1.50 bits per heavy atom. The number of nitrogens with one attached hydrogen (secondary N) is 1. The lowest BCUT2D eigenvalue weighted by Crippen LogP contribution is -2.53. The fraction of sp³-hybridized carbons (Fsp3) is 0.941. The number of nitrogens with zero attached hydrogens (tertiary/aromatic N) is 3. The molecular formula is C17H34N4O3. The van der Waals surface area contributed by atoms with E-state index < -0.39 is 0 Å². The first-order valence-electron chi connectivity index (χ1n) is 9.06. The third-order valence-electron chi connectivity index (χ3n) is 4.39. The Morgan fingerprint density at radius 3 is 2.04 bits per heavy atom. The smallest absolute Gasteiger partial charge is 0.234 e. The lowest BCUT2D eigenvalue weighted by atomic mass is 10.1. The Morgan fingerprint density at radius 1 is 1.00 bits per heavy atom. The number of hydrogen-bond acceptors (Lipinski definition) is 6. The van der Waals surface area contributed by atoms with Crippen LogP contribution in [0, 0.1) is 0 Å². The summed E-state index contributed by atoms with van der Waals surface area (Å²) in [6, 6.07) is 0. The monoisotopic (exact) mass is 342 g/mol. The van der Waals surface area contributed by atoms with Crippen molar-refractivity contribution in [3.63, 3.8) is 0 Å². The molecule has 2 aliphatic heterocycles. The van der Waals surface area contributed by atoms with Crippen molar-refractivity contribution < 1.29 is 14.6 Å². The largest absolute Gasteiger partial charge is 0.390 e. The van der Waals surface area contributed by atoms with Crippen molar-refractivity contribution in [2.45, 2.75) is 32.4 Å². The van der Waals surface area contributed by atoms with E-state index in [2.05, 4.69) is 20.0 Å². The van der Waals surface area contributed by atoms with Crippen molar-refractivity contribution >= 4 is 5.91 Å². The lowest BCUT2D eigenvalue weighted by molar-refractivity contribution is -0.124. The van der Waals surface area contributed by atoms with Gasteiger partial charge in [-0.3, -0.25) is 19.5 Å². The van der Waals surface area contributed by atoms with Gasteiger partial charge in [0, 0.05) is 57.9 Å². The van der Waals surface area contributed by atoms with Gasteiger partial charge in [0.05, 0.1) is 25.9 Å². The van der Waals surface area contributed by atoms with Crippen molar-refractivity contribution in [1.29, 1.82) is 0 Å². The molecule has 2 rings (SSSR count). The highest BCUT2D eigenvalue weighted by molar-refractivity contribution is 5.78. The topological polar surface area (TPSA) is 68.3 Å². The molecule has 0 spiro atoms. The van der Waals surface area contributed by atoms with Crippen LogP contribution in [-0.2, 0) is 9.53 Å². The number of aliphatic hydroxyl groups is 1. The first kappa shape index (κ1) is 19.6. The molecule has 7 heteroatoms. The zero-order valence-electron chi connectivity index (χ0n) is 15.5. The maximum absolute atomic E-state index is 12.0. The van der Waals surface area contributed by atoms with Crippen LogP contribution in [0.15, 0.2) is 0 Å². The van der Waals surface area contributed by atoms with Gasteiger partial charge in [-0.05, 0) is 20.8 Å². The first-order valence-corrected chi connectivity index (χ1v) is 9.06. The zero-order valence-corrected chi connectivity index (χ0v) is 15.5. The summed E-state index contributed by atoms with van der Waals surface area (Å²) in [5.74, 6) is 0.0864. The van der Waals surface area contributed by atoms with Crippen molar-refractivity contribution in [1.82, 2.24) is 20.0 Å². The molecule has 0 bridgehead atoms. The van der Waals surface area contributed by atoms with Crippen LogP contribution < -0.4 is 5.32 Å². The normalized spacial score (nSPS) is 23.2. The van der Waals surface area contributed by atoms with Gasteiger partial charge in [0.2, 0.25) is 5.91 Å². The molecular weight excluding hydrogens is 308 g/mol. The number of carbonyl (C=O) groups is 1. The second-order valence-electron chi connectivity index (χ2n) is 7.94. The first-order chi connectivity index (χ1) is 11.3. The van der Waals surface area contributed by atoms with Crippen LogP contribution in [0.2, 0.25) is 0 Å². The quantitative estimate of drug-likeness (QED) is 0.660. The fourth-order valence-corrected chi connectivity index (χ4v) is 3.23. The van der Waals surface area contributed by atoms with Gasteiger partial charge in [-0.1, -0.05) is 0 Å². The third-order valence-corrected chi connectivity index (χ3v) is 4.39. The summed E-state index contributed by atoms with van der Waals surface area (Å²) in [7, 11) is 0. The second kappa shape index (κ2) is 9.10. The molecule has 0 radical (unpaired) electrons. The van der Waals surface area contributed by atoms with Crippen molar-refractivity contribution in [2.75, 3.05) is 72.1 Å². The summed E-state index contributed by atoms with van der Waals surface area (Å²) in [6.07, 6.45) is -0.321. The van der Waals surface area contributed by atoms with Gasteiger partial charge in [0.1, 0.15) is 0 Å². The lowest BCUT2D eigenvalue weighted by Gasteiger charge is -2.36. The highest BCUT2D eigenvalue weighted by Crippen LogP contribution is 2.06. The van der Waals surface area contributed by atoms with E-state index in [4.69, 9.17) is 4.74 Å². The van der Waals surface area contributed by atoms with Crippen LogP contribution in [0.4, 0.5) is 0 Å². The van der Waals surface area contributed by atoms with Crippen LogP contribution in [-0.4, -0.2) is 109 Å². The van der Waals surface area contributed by atoms with Crippen LogP contribution in [0.25, 0.3) is 0 Å². The number of aliphatic hydroxyl groups excluding tert-OH is 1.